The molecule has 2 aliphatic carbocycles. The molecule has 1 saturated heterocycles. The van der Waals surface area contributed by atoms with E-state index in [-0.39, 0.29) is 0 Å². The van der Waals surface area contributed by atoms with Crippen LogP contribution in [0.25, 0.3) is 0 Å². The second kappa shape index (κ2) is 6.79. The summed E-state index contributed by atoms with van der Waals surface area (Å²) in [5, 5.41) is 3.90. The summed E-state index contributed by atoms with van der Waals surface area (Å²) < 4.78 is 0. The third-order valence-corrected chi connectivity index (χ3v) is 5.87. The van der Waals surface area contributed by atoms with Crippen LogP contribution in [0.4, 0.5) is 0 Å². The lowest BCUT2D eigenvalue weighted by atomic mass is 9.81. The van der Waals surface area contributed by atoms with Gasteiger partial charge in [0.15, 0.2) is 0 Å². The van der Waals surface area contributed by atoms with Crippen LogP contribution in [0.1, 0.15) is 65.2 Å². The summed E-state index contributed by atoms with van der Waals surface area (Å²) in [6.45, 7) is 8.68. The highest BCUT2D eigenvalue weighted by Crippen LogP contribution is 2.36. The first-order valence-electron chi connectivity index (χ1n) is 9.21. The van der Waals surface area contributed by atoms with Crippen molar-refractivity contribution in [2.45, 2.75) is 77.3 Å². The van der Waals surface area contributed by atoms with Gasteiger partial charge in [-0.2, -0.15) is 0 Å². The van der Waals surface area contributed by atoms with Gasteiger partial charge in [0, 0.05) is 25.2 Å². The van der Waals surface area contributed by atoms with Gasteiger partial charge in [-0.3, -0.25) is 4.90 Å². The van der Waals surface area contributed by atoms with E-state index in [1.807, 2.05) is 0 Å². The molecule has 0 bridgehead atoms. The van der Waals surface area contributed by atoms with Crippen LogP contribution in [-0.4, -0.2) is 36.6 Å². The minimum absolute atomic E-state index is 0.807. The predicted molar refractivity (Wildman–Crippen MR) is 85.9 cm³/mol. The van der Waals surface area contributed by atoms with Crippen molar-refractivity contribution in [1.29, 1.82) is 0 Å². The molecule has 0 amide bonds. The Bertz CT molecular complexity index is 292. The molecule has 1 N–H and O–H groups in total. The average molecular weight is 278 g/mol. The fraction of sp³-hybridized carbons (Fsp3) is 1.00. The highest BCUT2D eigenvalue weighted by atomic mass is 15.2. The maximum atomic E-state index is 3.90. The third kappa shape index (κ3) is 3.76. The van der Waals surface area contributed by atoms with Crippen LogP contribution in [0.15, 0.2) is 0 Å². The van der Waals surface area contributed by atoms with Crippen molar-refractivity contribution in [1.82, 2.24) is 10.2 Å². The largest absolute Gasteiger partial charge is 0.311 e. The molecule has 20 heavy (non-hydrogen) atoms. The van der Waals surface area contributed by atoms with Crippen molar-refractivity contribution in [3.8, 4) is 0 Å². The summed E-state index contributed by atoms with van der Waals surface area (Å²) in [4.78, 5) is 2.88. The Hall–Kier alpha value is -0.0800. The molecule has 1 heterocycles. The molecule has 3 fully saturated rings. The van der Waals surface area contributed by atoms with Crippen LogP contribution in [0.5, 0.6) is 0 Å². The molecule has 0 aromatic carbocycles. The van der Waals surface area contributed by atoms with Crippen LogP contribution in [-0.2, 0) is 0 Å². The lowest BCUT2D eigenvalue weighted by molar-refractivity contribution is 0.0633. The quantitative estimate of drug-likeness (QED) is 0.825. The van der Waals surface area contributed by atoms with Gasteiger partial charge in [-0.05, 0) is 56.4 Å². The van der Waals surface area contributed by atoms with Crippen molar-refractivity contribution in [2.24, 2.45) is 17.8 Å². The smallest absolute Gasteiger partial charge is 0.0249 e. The van der Waals surface area contributed by atoms with E-state index >= 15 is 0 Å². The molecule has 0 radical (unpaired) electrons. The standard InChI is InChI=1S/C18H34N2/c1-14(2)10-11-20-13-17(15-8-9-15)19-12-18(20)16-6-4-3-5-7-16/h14-19H,3-13H2,1-2H3. The van der Waals surface area contributed by atoms with E-state index in [1.54, 1.807) is 0 Å². The van der Waals surface area contributed by atoms with Gasteiger partial charge in [-0.15, -0.1) is 0 Å². The second-order valence-corrected chi connectivity index (χ2v) is 8.00. The van der Waals surface area contributed by atoms with Gasteiger partial charge in [0.25, 0.3) is 0 Å². The van der Waals surface area contributed by atoms with Crippen LogP contribution < -0.4 is 5.32 Å². The first-order chi connectivity index (χ1) is 9.74. The molecular weight excluding hydrogens is 244 g/mol. The zero-order chi connectivity index (χ0) is 13.9. The van der Waals surface area contributed by atoms with Crippen LogP contribution in [0.3, 0.4) is 0 Å². The number of hydrogen-bond donors (Lipinski definition) is 1. The minimum atomic E-state index is 0.807. The lowest BCUT2D eigenvalue weighted by Gasteiger charge is -2.45. The molecule has 3 rings (SSSR count). The number of rotatable bonds is 5. The highest BCUT2D eigenvalue weighted by molar-refractivity contribution is 4.96. The van der Waals surface area contributed by atoms with E-state index in [4.69, 9.17) is 0 Å². The summed E-state index contributed by atoms with van der Waals surface area (Å²) >= 11 is 0. The molecule has 116 valence electrons. The molecule has 2 nitrogen and oxygen atoms in total. The first-order valence-corrected chi connectivity index (χ1v) is 9.21. The fourth-order valence-electron chi connectivity index (χ4n) is 4.33. The maximum Gasteiger partial charge on any atom is 0.0249 e. The van der Waals surface area contributed by atoms with Crippen molar-refractivity contribution in [3.05, 3.63) is 0 Å². The first kappa shape index (κ1) is 14.8. The SMILES string of the molecule is CC(C)CCN1CC(C2CC2)NCC1C1CCCCC1. The van der Waals surface area contributed by atoms with Gasteiger partial charge in [0.2, 0.25) is 0 Å². The monoisotopic (exact) mass is 278 g/mol. The van der Waals surface area contributed by atoms with Gasteiger partial charge in [0.1, 0.15) is 0 Å². The van der Waals surface area contributed by atoms with Crippen molar-refractivity contribution in [2.75, 3.05) is 19.6 Å². The molecule has 2 unspecified atom stereocenters. The Morgan fingerprint density at radius 1 is 1.00 bits per heavy atom. The third-order valence-electron chi connectivity index (χ3n) is 5.87. The fourth-order valence-corrected chi connectivity index (χ4v) is 4.33. The molecule has 3 aliphatic rings. The lowest BCUT2D eigenvalue weighted by Crippen LogP contribution is -2.59. The van der Waals surface area contributed by atoms with Crippen LogP contribution in [0, 0.1) is 17.8 Å². The topological polar surface area (TPSA) is 15.3 Å². The zero-order valence-electron chi connectivity index (χ0n) is 13.6. The van der Waals surface area contributed by atoms with E-state index < -0.39 is 0 Å². The van der Waals surface area contributed by atoms with Crippen molar-refractivity contribution < 1.29 is 0 Å². The van der Waals surface area contributed by atoms with E-state index in [2.05, 4.69) is 24.1 Å². The predicted octanol–water partition coefficient (Wildman–Crippen LogP) is 3.67. The maximum absolute atomic E-state index is 3.90. The summed E-state index contributed by atoms with van der Waals surface area (Å²) in [5.74, 6) is 2.82. The van der Waals surface area contributed by atoms with Gasteiger partial charge in [-0.25, -0.2) is 0 Å². The van der Waals surface area contributed by atoms with Crippen LogP contribution in [0.2, 0.25) is 0 Å². The molecule has 2 atom stereocenters. The van der Waals surface area contributed by atoms with E-state index in [0.717, 1.165) is 29.8 Å². The normalized spacial score (nSPS) is 33.8. The van der Waals surface area contributed by atoms with Crippen molar-refractivity contribution in [3.63, 3.8) is 0 Å². The zero-order valence-corrected chi connectivity index (χ0v) is 13.6. The van der Waals surface area contributed by atoms with Crippen LogP contribution >= 0.6 is 0 Å². The Balaban J connectivity index is 1.59. The summed E-state index contributed by atoms with van der Waals surface area (Å²) in [6.07, 6.45) is 11.7. The second-order valence-electron chi connectivity index (χ2n) is 8.00. The van der Waals surface area contributed by atoms with E-state index in [0.29, 0.717) is 0 Å². The van der Waals surface area contributed by atoms with Gasteiger partial charge < -0.3 is 5.32 Å². The van der Waals surface area contributed by atoms with Gasteiger partial charge in [0.05, 0.1) is 0 Å². The summed E-state index contributed by atoms with van der Waals surface area (Å²) in [5.41, 5.74) is 0. The molecule has 1 aliphatic heterocycles. The molecule has 2 heteroatoms. The summed E-state index contributed by atoms with van der Waals surface area (Å²) in [7, 11) is 0. The molecular formula is C18H34N2. The molecule has 0 aromatic rings. The van der Waals surface area contributed by atoms with E-state index in [9.17, 15) is 0 Å². The Kier molecular flexibility index (Phi) is 5.04. The molecule has 0 aromatic heterocycles. The number of nitrogens with one attached hydrogen (secondary N) is 1. The van der Waals surface area contributed by atoms with Gasteiger partial charge in [-0.1, -0.05) is 33.1 Å². The molecule has 2 saturated carbocycles. The number of hydrogen-bond acceptors (Lipinski definition) is 2. The van der Waals surface area contributed by atoms with Gasteiger partial charge >= 0.3 is 0 Å². The number of nitrogens with zero attached hydrogens (tertiary/aromatic N) is 1. The average Bonchev–Trinajstić information content (AvgIpc) is 3.30. The van der Waals surface area contributed by atoms with Crippen molar-refractivity contribution >= 4 is 0 Å². The minimum Gasteiger partial charge on any atom is -0.311 e. The summed E-state index contributed by atoms with van der Waals surface area (Å²) in [6, 6.07) is 1.64. The highest BCUT2D eigenvalue weighted by Gasteiger charge is 2.39. The number of piperazine rings is 1. The molecule has 0 spiro atoms. The van der Waals surface area contributed by atoms with E-state index in [1.165, 1.54) is 71.0 Å². The Labute approximate surface area is 125 Å². The Morgan fingerprint density at radius 3 is 2.40 bits per heavy atom. The Morgan fingerprint density at radius 2 is 1.75 bits per heavy atom.